The van der Waals surface area contributed by atoms with Gasteiger partial charge in [0.25, 0.3) is 5.91 Å². The van der Waals surface area contributed by atoms with Crippen molar-refractivity contribution >= 4 is 11.6 Å². The molecular formula is C20H20N4O2. The smallest absolute Gasteiger partial charge is 0.262 e. The number of ether oxygens (including phenoxy) is 1. The van der Waals surface area contributed by atoms with E-state index in [4.69, 9.17) is 4.74 Å². The SMILES string of the molecule is CNC(=O)C1CN(Cc2ccn(-c3ccccc3)n2)c2ccccc2O1. The van der Waals surface area contributed by atoms with Gasteiger partial charge in [-0.15, -0.1) is 0 Å². The van der Waals surface area contributed by atoms with Crippen LogP contribution in [0.1, 0.15) is 5.69 Å². The van der Waals surface area contributed by atoms with Crippen LogP contribution in [0.15, 0.2) is 66.9 Å². The summed E-state index contributed by atoms with van der Waals surface area (Å²) in [5.41, 5.74) is 2.92. The van der Waals surface area contributed by atoms with Crippen LogP contribution in [-0.4, -0.2) is 35.4 Å². The summed E-state index contributed by atoms with van der Waals surface area (Å²) in [6.07, 6.45) is 1.42. The van der Waals surface area contributed by atoms with E-state index in [0.29, 0.717) is 13.1 Å². The van der Waals surface area contributed by atoms with E-state index in [1.165, 1.54) is 0 Å². The summed E-state index contributed by atoms with van der Waals surface area (Å²) < 4.78 is 7.71. The minimum atomic E-state index is -0.536. The Morgan fingerprint density at radius 3 is 2.73 bits per heavy atom. The van der Waals surface area contributed by atoms with Gasteiger partial charge in [0, 0.05) is 13.2 Å². The van der Waals surface area contributed by atoms with E-state index >= 15 is 0 Å². The van der Waals surface area contributed by atoms with Crippen molar-refractivity contribution in [3.8, 4) is 11.4 Å². The molecule has 4 rings (SSSR count). The maximum Gasteiger partial charge on any atom is 0.262 e. The second kappa shape index (κ2) is 6.92. The molecule has 0 saturated heterocycles. The zero-order valence-corrected chi connectivity index (χ0v) is 14.5. The Labute approximate surface area is 152 Å². The molecule has 1 N–H and O–H groups in total. The van der Waals surface area contributed by atoms with Gasteiger partial charge in [-0.25, -0.2) is 4.68 Å². The molecule has 1 aliphatic heterocycles. The number of aromatic nitrogens is 2. The lowest BCUT2D eigenvalue weighted by atomic mass is 10.1. The van der Waals surface area contributed by atoms with Gasteiger partial charge in [0.2, 0.25) is 0 Å². The molecule has 6 heteroatoms. The number of hydrogen-bond donors (Lipinski definition) is 1. The Balaban J connectivity index is 1.59. The Hall–Kier alpha value is -3.28. The number of nitrogens with one attached hydrogen (secondary N) is 1. The molecule has 0 radical (unpaired) electrons. The molecule has 0 fully saturated rings. The molecule has 0 aliphatic carbocycles. The van der Waals surface area contributed by atoms with Crippen LogP contribution in [-0.2, 0) is 11.3 Å². The predicted molar refractivity (Wildman–Crippen MR) is 99.5 cm³/mol. The standard InChI is InChI=1S/C20H20N4O2/c1-21-20(25)19-14-23(17-9-5-6-10-18(17)26-19)13-15-11-12-24(22-15)16-7-3-2-4-8-16/h2-12,19H,13-14H2,1H3,(H,21,25). The summed E-state index contributed by atoms with van der Waals surface area (Å²) in [6.45, 7) is 1.09. The lowest BCUT2D eigenvalue weighted by molar-refractivity contribution is -0.127. The molecule has 1 aliphatic rings. The number of amides is 1. The lowest BCUT2D eigenvalue weighted by Crippen LogP contribution is -2.48. The van der Waals surface area contributed by atoms with Gasteiger partial charge >= 0.3 is 0 Å². The van der Waals surface area contributed by atoms with Crippen molar-refractivity contribution in [2.45, 2.75) is 12.6 Å². The Morgan fingerprint density at radius 1 is 1.15 bits per heavy atom. The van der Waals surface area contributed by atoms with Gasteiger partial charge in [0.15, 0.2) is 6.10 Å². The van der Waals surface area contributed by atoms with Crippen molar-refractivity contribution < 1.29 is 9.53 Å². The fraction of sp³-hybridized carbons (Fsp3) is 0.200. The predicted octanol–water partition coefficient (Wildman–Crippen LogP) is 2.39. The number of nitrogens with zero attached hydrogens (tertiary/aromatic N) is 3. The quantitative estimate of drug-likeness (QED) is 0.786. The van der Waals surface area contributed by atoms with E-state index in [0.717, 1.165) is 22.8 Å². The van der Waals surface area contributed by atoms with Crippen molar-refractivity contribution in [2.75, 3.05) is 18.5 Å². The highest BCUT2D eigenvalue weighted by Gasteiger charge is 2.30. The highest BCUT2D eigenvalue weighted by atomic mass is 16.5. The van der Waals surface area contributed by atoms with Crippen molar-refractivity contribution in [1.29, 1.82) is 0 Å². The van der Waals surface area contributed by atoms with E-state index in [2.05, 4.69) is 15.3 Å². The molecule has 1 unspecified atom stereocenters. The van der Waals surface area contributed by atoms with Crippen LogP contribution in [0.25, 0.3) is 5.69 Å². The maximum atomic E-state index is 12.1. The first-order valence-electron chi connectivity index (χ1n) is 8.57. The summed E-state index contributed by atoms with van der Waals surface area (Å²) in [4.78, 5) is 14.2. The molecule has 2 aromatic carbocycles. The molecule has 2 heterocycles. The third-order valence-electron chi connectivity index (χ3n) is 4.42. The molecule has 1 amide bonds. The molecule has 0 saturated carbocycles. The Kier molecular flexibility index (Phi) is 4.31. The van der Waals surface area contributed by atoms with Gasteiger partial charge in [-0.3, -0.25) is 4.79 Å². The minimum absolute atomic E-state index is 0.126. The molecule has 0 bridgehead atoms. The number of hydrogen-bond acceptors (Lipinski definition) is 4. The number of carbonyl (C=O) groups excluding carboxylic acids is 1. The number of fused-ring (bicyclic) bond motifs is 1. The molecule has 0 spiro atoms. The highest BCUT2D eigenvalue weighted by molar-refractivity contribution is 5.83. The summed E-state index contributed by atoms with van der Waals surface area (Å²) in [7, 11) is 1.62. The van der Waals surface area contributed by atoms with Gasteiger partial charge < -0.3 is 15.0 Å². The van der Waals surface area contributed by atoms with Crippen LogP contribution in [0, 0.1) is 0 Å². The molecule has 26 heavy (non-hydrogen) atoms. The minimum Gasteiger partial charge on any atom is -0.477 e. The van der Waals surface area contributed by atoms with Gasteiger partial charge in [0.05, 0.1) is 30.2 Å². The van der Waals surface area contributed by atoms with E-state index < -0.39 is 6.10 Å². The zero-order valence-electron chi connectivity index (χ0n) is 14.5. The summed E-state index contributed by atoms with van der Waals surface area (Å²) in [5.74, 6) is 0.592. The normalized spacial score (nSPS) is 15.9. The van der Waals surface area contributed by atoms with Crippen LogP contribution in [0.3, 0.4) is 0 Å². The molecule has 132 valence electrons. The van der Waals surface area contributed by atoms with Gasteiger partial charge in [-0.05, 0) is 30.3 Å². The zero-order chi connectivity index (χ0) is 17.9. The average molecular weight is 348 g/mol. The topological polar surface area (TPSA) is 59.4 Å². The van der Waals surface area contributed by atoms with E-state index in [1.807, 2.05) is 71.5 Å². The largest absolute Gasteiger partial charge is 0.477 e. The van der Waals surface area contributed by atoms with E-state index in [1.54, 1.807) is 7.05 Å². The number of likely N-dealkylation sites (N-methyl/N-ethyl adjacent to an activating group) is 1. The molecule has 3 aromatic rings. The third-order valence-corrected chi connectivity index (χ3v) is 4.42. The van der Waals surface area contributed by atoms with Gasteiger partial charge in [-0.1, -0.05) is 30.3 Å². The highest BCUT2D eigenvalue weighted by Crippen LogP contribution is 2.34. The van der Waals surface area contributed by atoms with Crippen LogP contribution in [0.4, 0.5) is 5.69 Å². The number of benzene rings is 2. The first-order chi connectivity index (χ1) is 12.7. The molecule has 6 nitrogen and oxygen atoms in total. The van der Waals surface area contributed by atoms with Gasteiger partial charge in [0.1, 0.15) is 5.75 Å². The Bertz CT molecular complexity index is 907. The second-order valence-electron chi connectivity index (χ2n) is 6.16. The summed E-state index contributed by atoms with van der Waals surface area (Å²) in [5, 5.41) is 7.34. The number of anilines is 1. The summed E-state index contributed by atoms with van der Waals surface area (Å²) in [6, 6.07) is 19.8. The average Bonchev–Trinajstić information content (AvgIpc) is 3.16. The fourth-order valence-corrected chi connectivity index (χ4v) is 3.12. The van der Waals surface area contributed by atoms with Crippen molar-refractivity contribution in [3.63, 3.8) is 0 Å². The van der Waals surface area contributed by atoms with Crippen LogP contribution < -0.4 is 15.0 Å². The number of para-hydroxylation sites is 3. The van der Waals surface area contributed by atoms with Crippen LogP contribution in [0.2, 0.25) is 0 Å². The molecule has 1 aromatic heterocycles. The fourth-order valence-electron chi connectivity index (χ4n) is 3.12. The van der Waals surface area contributed by atoms with Crippen molar-refractivity contribution in [1.82, 2.24) is 15.1 Å². The van der Waals surface area contributed by atoms with Crippen LogP contribution in [0.5, 0.6) is 5.75 Å². The first kappa shape index (κ1) is 16.2. The summed E-state index contributed by atoms with van der Waals surface area (Å²) >= 11 is 0. The van der Waals surface area contributed by atoms with Gasteiger partial charge in [-0.2, -0.15) is 5.10 Å². The monoisotopic (exact) mass is 348 g/mol. The third kappa shape index (κ3) is 3.13. The second-order valence-corrected chi connectivity index (χ2v) is 6.16. The molecular weight excluding hydrogens is 328 g/mol. The number of rotatable bonds is 4. The van der Waals surface area contributed by atoms with Crippen LogP contribution >= 0.6 is 0 Å². The maximum absolute atomic E-state index is 12.1. The van der Waals surface area contributed by atoms with Crippen molar-refractivity contribution in [2.24, 2.45) is 0 Å². The van der Waals surface area contributed by atoms with E-state index in [9.17, 15) is 4.79 Å². The lowest BCUT2D eigenvalue weighted by Gasteiger charge is -2.35. The molecule has 1 atom stereocenters. The van der Waals surface area contributed by atoms with Crippen molar-refractivity contribution in [3.05, 3.63) is 72.6 Å². The number of carbonyl (C=O) groups is 1. The first-order valence-corrected chi connectivity index (χ1v) is 8.57. The Morgan fingerprint density at radius 2 is 1.92 bits per heavy atom. The van der Waals surface area contributed by atoms with E-state index in [-0.39, 0.29) is 5.91 Å².